The van der Waals surface area contributed by atoms with E-state index in [9.17, 15) is 9.59 Å². The fourth-order valence-corrected chi connectivity index (χ4v) is 5.68. The van der Waals surface area contributed by atoms with Crippen molar-refractivity contribution in [2.45, 2.75) is 51.5 Å². The van der Waals surface area contributed by atoms with Crippen LogP contribution in [0, 0.1) is 5.41 Å². The van der Waals surface area contributed by atoms with Gasteiger partial charge >= 0.3 is 0 Å². The van der Waals surface area contributed by atoms with Gasteiger partial charge in [-0.25, -0.2) is 0 Å². The number of carbonyl (C=O) groups excluding carboxylic acids is 2. The van der Waals surface area contributed by atoms with E-state index in [0.29, 0.717) is 13.1 Å². The Morgan fingerprint density at radius 1 is 1.16 bits per heavy atom. The Hall–Kier alpha value is -3.08. The maximum absolute atomic E-state index is 13.6. The van der Waals surface area contributed by atoms with Crippen LogP contribution in [0.25, 0.3) is 10.9 Å². The number of aromatic nitrogens is 1. The predicted octanol–water partition coefficient (Wildman–Crippen LogP) is 4.85. The lowest BCUT2D eigenvalue weighted by molar-refractivity contribution is -0.138. The first kappa shape index (κ1) is 22.1. The van der Waals surface area contributed by atoms with Gasteiger partial charge in [0, 0.05) is 43.0 Å². The number of benzene rings is 1. The summed E-state index contributed by atoms with van der Waals surface area (Å²) in [7, 11) is 0. The van der Waals surface area contributed by atoms with Crippen molar-refractivity contribution < 1.29 is 9.59 Å². The number of hydrogen-bond donors (Lipinski definition) is 2. The highest BCUT2D eigenvalue weighted by atomic mass is 16.2. The Kier molecular flexibility index (Phi) is 6.09. The molecule has 2 amide bonds. The van der Waals surface area contributed by atoms with Crippen molar-refractivity contribution in [1.82, 2.24) is 15.2 Å². The average Bonchev–Trinajstić information content (AvgIpc) is 3.38. The zero-order valence-corrected chi connectivity index (χ0v) is 19.1. The molecule has 1 aromatic carbocycles. The zero-order valence-electron chi connectivity index (χ0n) is 19.1. The van der Waals surface area contributed by atoms with Crippen molar-refractivity contribution in [2.24, 2.45) is 5.41 Å². The van der Waals surface area contributed by atoms with E-state index in [1.54, 1.807) is 0 Å². The van der Waals surface area contributed by atoms with Crippen LogP contribution in [0.15, 0.2) is 66.9 Å². The quantitative estimate of drug-likeness (QED) is 0.687. The molecular weight excluding hydrogens is 398 g/mol. The van der Waals surface area contributed by atoms with Crippen molar-refractivity contribution in [3.8, 4) is 0 Å². The molecule has 2 unspecified atom stereocenters. The van der Waals surface area contributed by atoms with Crippen LogP contribution in [0.1, 0.15) is 51.0 Å². The highest BCUT2D eigenvalue weighted by Gasteiger charge is 2.43. The number of H-pyrrole nitrogens is 1. The van der Waals surface area contributed by atoms with E-state index in [1.165, 1.54) is 18.1 Å². The summed E-state index contributed by atoms with van der Waals surface area (Å²) in [5.41, 5.74) is 4.79. The number of rotatable bonds is 6. The first-order valence-corrected chi connectivity index (χ1v) is 11.5. The number of para-hydroxylation sites is 1. The Morgan fingerprint density at radius 2 is 1.88 bits per heavy atom. The van der Waals surface area contributed by atoms with Gasteiger partial charge in [-0.2, -0.15) is 0 Å². The summed E-state index contributed by atoms with van der Waals surface area (Å²) in [6.45, 7) is 12.9. The van der Waals surface area contributed by atoms with E-state index in [-0.39, 0.29) is 23.1 Å². The number of allylic oxidation sites excluding steroid dienone is 4. The Labute approximate surface area is 190 Å². The lowest BCUT2D eigenvalue weighted by Gasteiger charge is -2.42. The van der Waals surface area contributed by atoms with Crippen LogP contribution in [0.2, 0.25) is 0 Å². The maximum Gasteiger partial charge on any atom is 0.245 e. The van der Waals surface area contributed by atoms with Gasteiger partial charge in [-0.15, -0.1) is 0 Å². The smallest absolute Gasteiger partial charge is 0.245 e. The number of nitrogens with one attached hydrogen (secondary N) is 2. The van der Waals surface area contributed by atoms with Crippen LogP contribution >= 0.6 is 0 Å². The van der Waals surface area contributed by atoms with Gasteiger partial charge in [-0.05, 0) is 53.9 Å². The third-order valence-electron chi connectivity index (χ3n) is 7.51. The van der Waals surface area contributed by atoms with Crippen molar-refractivity contribution in [2.75, 3.05) is 13.1 Å². The minimum atomic E-state index is -0.595. The first-order valence-electron chi connectivity index (χ1n) is 11.5. The van der Waals surface area contributed by atoms with E-state index < -0.39 is 6.04 Å². The van der Waals surface area contributed by atoms with Gasteiger partial charge < -0.3 is 15.2 Å². The Bertz CT molecular complexity index is 1090. The molecule has 2 aliphatic rings. The van der Waals surface area contributed by atoms with E-state index in [2.05, 4.69) is 29.5 Å². The van der Waals surface area contributed by atoms with Gasteiger partial charge in [0.2, 0.25) is 11.8 Å². The topological polar surface area (TPSA) is 65.2 Å². The van der Waals surface area contributed by atoms with Gasteiger partial charge in [-0.1, -0.05) is 50.4 Å². The molecule has 2 heterocycles. The molecule has 1 spiro atoms. The molecule has 1 saturated heterocycles. The molecule has 1 aliphatic heterocycles. The Morgan fingerprint density at radius 3 is 2.53 bits per heavy atom. The van der Waals surface area contributed by atoms with Crippen molar-refractivity contribution in [3.05, 3.63) is 72.5 Å². The minimum absolute atomic E-state index is 0.00101. The van der Waals surface area contributed by atoms with Crippen LogP contribution < -0.4 is 5.32 Å². The summed E-state index contributed by atoms with van der Waals surface area (Å²) in [6.07, 6.45) is 9.87. The Balaban J connectivity index is 1.54. The van der Waals surface area contributed by atoms with Crippen molar-refractivity contribution in [3.63, 3.8) is 0 Å². The fourth-order valence-electron chi connectivity index (χ4n) is 5.68. The second-order valence-corrected chi connectivity index (χ2v) is 9.21. The molecule has 2 atom stereocenters. The molecule has 1 aliphatic carbocycles. The third-order valence-corrected chi connectivity index (χ3v) is 7.51. The summed E-state index contributed by atoms with van der Waals surface area (Å²) >= 11 is 0. The van der Waals surface area contributed by atoms with E-state index in [0.717, 1.165) is 42.1 Å². The van der Waals surface area contributed by atoms with E-state index in [1.807, 2.05) is 48.4 Å². The molecular formula is C27H33N3O2. The number of piperidine rings is 1. The van der Waals surface area contributed by atoms with Gasteiger partial charge in [0.25, 0.3) is 0 Å². The average molecular weight is 432 g/mol. The predicted molar refractivity (Wildman–Crippen MR) is 129 cm³/mol. The molecule has 1 aromatic heterocycles. The van der Waals surface area contributed by atoms with Gasteiger partial charge in [-0.3, -0.25) is 9.59 Å². The molecule has 0 bridgehead atoms. The lowest BCUT2D eigenvalue weighted by Crippen LogP contribution is -2.53. The molecule has 2 N–H and O–H groups in total. The molecule has 5 heteroatoms. The molecule has 2 aromatic rings. The van der Waals surface area contributed by atoms with E-state index in [4.69, 9.17) is 0 Å². The van der Waals surface area contributed by atoms with Crippen LogP contribution in [0.3, 0.4) is 0 Å². The zero-order chi connectivity index (χ0) is 22.9. The van der Waals surface area contributed by atoms with Gasteiger partial charge in [0.15, 0.2) is 0 Å². The standard InChI is InChI=1S/C27H33N3O2/c1-5-20-11-12-27(23(20)6-2)13-15-30(16-14-27)26(32)25(29-19(4)31)18(3)22-17-28-24-10-8-7-9-21(22)24/h5-10,17-18,25,28H,1-2,11-16H2,3-4H3,(H,29,31). The summed E-state index contributed by atoms with van der Waals surface area (Å²) in [5.74, 6) is -0.341. The number of fused-ring (bicyclic) bond motifs is 1. The van der Waals surface area contributed by atoms with Crippen LogP contribution in [-0.4, -0.2) is 40.8 Å². The molecule has 168 valence electrons. The number of amides is 2. The summed E-state index contributed by atoms with van der Waals surface area (Å²) < 4.78 is 0. The lowest BCUT2D eigenvalue weighted by atomic mass is 9.72. The van der Waals surface area contributed by atoms with Gasteiger partial charge in [0.05, 0.1) is 0 Å². The van der Waals surface area contributed by atoms with E-state index >= 15 is 0 Å². The second-order valence-electron chi connectivity index (χ2n) is 9.21. The minimum Gasteiger partial charge on any atom is -0.361 e. The molecule has 0 radical (unpaired) electrons. The first-order chi connectivity index (χ1) is 15.4. The summed E-state index contributed by atoms with van der Waals surface area (Å²) in [6, 6.07) is 7.46. The number of carbonyl (C=O) groups is 2. The normalized spacial score (nSPS) is 19.8. The van der Waals surface area contributed by atoms with Crippen LogP contribution in [0.5, 0.6) is 0 Å². The highest BCUT2D eigenvalue weighted by Crippen LogP contribution is 2.50. The molecule has 1 fully saturated rings. The number of hydrogen-bond acceptors (Lipinski definition) is 2. The third kappa shape index (κ3) is 3.81. The highest BCUT2D eigenvalue weighted by molar-refractivity contribution is 5.90. The largest absolute Gasteiger partial charge is 0.361 e. The maximum atomic E-state index is 13.6. The SMILES string of the molecule is C=CC1=C(C=C)C2(CC1)CCN(C(=O)C(NC(C)=O)C(C)c1c[nH]c3ccccc13)CC2. The van der Waals surface area contributed by atoms with Crippen LogP contribution in [-0.2, 0) is 9.59 Å². The van der Waals surface area contributed by atoms with Crippen molar-refractivity contribution >= 4 is 22.7 Å². The number of aromatic amines is 1. The fraction of sp³-hybridized carbons (Fsp3) is 0.407. The van der Waals surface area contributed by atoms with Crippen molar-refractivity contribution in [1.29, 1.82) is 0 Å². The monoisotopic (exact) mass is 431 g/mol. The molecule has 4 rings (SSSR count). The number of likely N-dealkylation sites (tertiary alicyclic amines) is 1. The molecule has 5 nitrogen and oxygen atoms in total. The van der Waals surface area contributed by atoms with Gasteiger partial charge in [0.1, 0.15) is 6.04 Å². The second kappa shape index (κ2) is 8.81. The van der Waals surface area contributed by atoms with Crippen LogP contribution in [0.4, 0.5) is 0 Å². The summed E-state index contributed by atoms with van der Waals surface area (Å²) in [4.78, 5) is 30.9. The molecule has 0 saturated carbocycles. The summed E-state index contributed by atoms with van der Waals surface area (Å²) in [5, 5.41) is 4.03. The number of nitrogens with zero attached hydrogens (tertiary/aromatic N) is 1. The molecule has 32 heavy (non-hydrogen) atoms.